The summed E-state index contributed by atoms with van der Waals surface area (Å²) in [5.74, 6) is -0.322. The van der Waals surface area contributed by atoms with Crippen LogP contribution in [0, 0.1) is 6.92 Å². The summed E-state index contributed by atoms with van der Waals surface area (Å²) in [7, 11) is 1.68. The van der Waals surface area contributed by atoms with Crippen molar-refractivity contribution in [2.75, 3.05) is 6.54 Å². The highest BCUT2D eigenvalue weighted by Crippen LogP contribution is 2.21. The van der Waals surface area contributed by atoms with E-state index >= 15 is 0 Å². The number of amides is 1. The van der Waals surface area contributed by atoms with Crippen LogP contribution in [0.2, 0.25) is 10.0 Å². The van der Waals surface area contributed by atoms with Crippen LogP contribution in [-0.2, 0) is 13.5 Å². The minimum atomic E-state index is -0.337. The second kappa shape index (κ2) is 6.90. The lowest BCUT2D eigenvalue weighted by molar-refractivity contribution is 0.0955. The van der Waals surface area contributed by atoms with Gasteiger partial charge < -0.3 is 5.32 Å². The number of aromatic amines is 1. The van der Waals surface area contributed by atoms with Gasteiger partial charge in [-0.2, -0.15) is 0 Å². The Morgan fingerprint density at radius 2 is 2.08 bits per heavy atom. The number of rotatable bonds is 4. The Morgan fingerprint density at radius 1 is 1.32 bits per heavy atom. The summed E-state index contributed by atoms with van der Waals surface area (Å²) in [6, 6.07) is 6.86. The Kier molecular flexibility index (Phi) is 4.83. The number of benzene rings is 1. The Balaban J connectivity index is 1.80. The van der Waals surface area contributed by atoms with Crippen molar-refractivity contribution >= 4 is 40.1 Å². The molecule has 0 radical (unpaired) electrons. The van der Waals surface area contributed by atoms with Gasteiger partial charge in [-0.25, -0.2) is 4.98 Å². The number of halogens is 2. The van der Waals surface area contributed by atoms with Crippen LogP contribution in [0.15, 0.2) is 29.1 Å². The molecule has 0 saturated heterocycles. The van der Waals surface area contributed by atoms with E-state index in [1.165, 1.54) is 4.68 Å². The predicted octanol–water partition coefficient (Wildman–Crippen LogP) is 2.85. The predicted molar refractivity (Wildman–Crippen MR) is 98.6 cm³/mol. The average Bonchev–Trinajstić information content (AvgIpc) is 2.83. The standard InChI is InChI=1S/C17H16Cl2N4O2/c1-9-7-12(14-15(21-9)23(2)22-17(14)25)16(24)20-6-5-10-3-4-11(18)8-13(10)19/h3-4,7-8H,5-6H2,1-2H3,(H,20,24)(H,22,25). The largest absolute Gasteiger partial charge is 0.352 e. The number of carbonyl (C=O) groups is 1. The second-order valence-corrected chi connectivity index (χ2v) is 6.60. The minimum Gasteiger partial charge on any atom is -0.352 e. The molecule has 3 rings (SSSR count). The quantitative estimate of drug-likeness (QED) is 0.732. The molecule has 0 bridgehead atoms. The first-order chi connectivity index (χ1) is 11.9. The summed E-state index contributed by atoms with van der Waals surface area (Å²) in [4.78, 5) is 28.9. The highest BCUT2D eigenvalue weighted by atomic mass is 35.5. The van der Waals surface area contributed by atoms with Crippen LogP contribution < -0.4 is 10.9 Å². The average molecular weight is 379 g/mol. The first-order valence-corrected chi connectivity index (χ1v) is 8.41. The van der Waals surface area contributed by atoms with Crippen LogP contribution in [-0.4, -0.2) is 27.2 Å². The molecule has 8 heteroatoms. The molecule has 3 aromatic rings. The smallest absolute Gasteiger partial charge is 0.274 e. The van der Waals surface area contributed by atoms with Crippen molar-refractivity contribution in [3.63, 3.8) is 0 Å². The van der Waals surface area contributed by atoms with Gasteiger partial charge in [-0.1, -0.05) is 29.3 Å². The van der Waals surface area contributed by atoms with Crippen LogP contribution in [0.25, 0.3) is 11.0 Å². The van der Waals surface area contributed by atoms with E-state index in [9.17, 15) is 9.59 Å². The number of aromatic nitrogens is 3. The number of nitrogens with zero attached hydrogens (tertiary/aromatic N) is 2. The highest BCUT2D eigenvalue weighted by molar-refractivity contribution is 6.35. The number of hydrogen-bond donors (Lipinski definition) is 2. The third kappa shape index (κ3) is 3.55. The van der Waals surface area contributed by atoms with E-state index in [0.717, 1.165) is 5.56 Å². The molecule has 0 atom stereocenters. The number of hydrogen-bond acceptors (Lipinski definition) is 3. The fourth-order valence-electron chi connectivity index (χ4n) is 2.69. The lowest BCUT2D eigenvalue weighted by atomic mass is 10.1. The minimum absolute atomic E-state index is 0.287. The SMILES string of the molecule is Cc1cc(C(=O)NCCc2ccc(Cl)cc2Cl)c2c(=O)[nH]n(C)c2n1. The zero-order chi connectivity index (χ0) is 18.1. The Morgan fingerprint density at radius 3 is 2.80 bits per heavy atom. The molecule has 0 fully saturated rings. The van der Waals surface area contributed by atoms with Crippen molar-refractivity contribution in [2.24, 2.45) is 7.05 Å². The highest BCUT2D eigenvalue weighted by Gasteiger charge is 2.17. The maximum atomic E-state index is 12.5. The van der Waals surface area contributed by atoms with Gasteiger partial charge >= 0.3 is 0 Å². The fourth-order valence-corrected chi connectivity index (χ4v) is 3.20. The van der Waals surface area contributed by atoms with Gasteiger partial charge in [0.15, 0.2) is 5.65 Å². The van der Waals surface area contributed by atoms with Gasteiger partial charge in [0.2, 0.25) is 0 Å². The molecular formula is C17H16Cl2N4O2. The van der Waals surface area contributed by atoms with E-state index in [1.54, 1.807) is 32.2 Å². The maximum Gasteiger partial charge on any atom is 0.274 e. The van der Waals surface area contributed by atoms with Crippen molar-refractivity contribution in [2.45, 2.75) is 13.3 Å². The summed E-state index contributed by atoms with van der Waals surface area (Å²) >= 11 is 12.0. The van der Waals surface area contributed by atoms with E-state index in [1.807, 2.05) is 6.07 Å². The van der Waals surface area contributed by atoms with Gasteiger partial charge in [0.05, 0.1) is 10.9 Å². The number of H-pyrrole nitrogens is 1. The van der Waals surface area contributed by atoms with E-state index in [-0.39, 0.29) is 16.9 Å². The molecule has 0 aliphatic rings. The zero-order valence-corrected chi connectivity index (χ0v) is 15.2. The van der Waals surface area contributed by atoms with Crippen LogP contribution in [0.3, 0.4) is 0 Å². The number of carbonyl (C=O) groups excluding carboxylic acids is 1. The summed E-state index contributed by atoms with van der Waals surface area (Å²) in [5.41, 5.74) is 1.98. The Bertz CT molecular complexity index is 1020. The number of fused-ring (bicyclic) bond motifs is 1. The number of pyridine rings is 1. The maximum absolute atomic E-state index is 12.5. The molecule has 130 valence electrons. The third-order valence-electron chi connectivity index (χ3n) is 3.88. The first-order valence-electron chi connectivity index (χ1n) is 7.65. The van der Waals surface area contributed by atoms with Gasteiger partial charge in [0, 0.05) is 29.3 Å². The number of nitrogens with one attached hydrogen (secondary N) is 2. The molecule has 2 heterocycles. The molecule has 2 N–H and O–H groups in total. The molecule has 1 aromatic carbocycles. The van der Waals surface area contributed by atoms with Crippen LogP contribution in [0.5, 0.6) is 0 Å². The van der Waals surface area contributed by atoms with Crippen molar-refractivity contribution in [1.29, 1.82) is 0 Å². The fraction of sp³-hybridized carbons (Fsp3) is 0.235. The van der Waals surface area contributed by atoms with E-state index in [0.29, 0.717) is 39.9 Å². The molecular weight excluding hydrogens is 363 g/mol. The second-order valence-electron chi connectivity index (χ2n) is 5.75. The van der Waals surface area contributed by atoms with Crippen molar-refractivity contribution in [1.82, 2.24) is 20.1 Å². The molecule has 0 aliphatic carbocycles. The molecule has 0 aliphatic heterocycles. The molecule has 0 saturated carbocycles. The Labute approximate surface area is 153 Å². The van der Waals surface area contributed by atoms with Gasteiger partial charge in [-0.05, 0) is 37.1 Å². The van der Waals surface area contributed by atoms with Crippen LogP contribution in [0.4, 0.5) is 0 Å². The monoisotopic (exact) mass is 378 g/mol. The van der Waals surface area contributed by atoms with Gasteiger partial charge in [0.1, 0.15) is 0 Å². The molecule has 0 unspecified atom stereocenters. The van der Waals surface area contributed by atoms with Gasteiger partial charge in [-0.3, -0.25) is 19.4 Å². The number of aryl methyl sites for hydroxylation is 2. The zero-order valence-electron chi connectivity index (χ0n) is 13.7. The van der Waals surface area contributed by atoms with Gasteiger partial charge in [-0.15, -0.1) is 0 Å². The van der Waals surface area contributed by atoms with E-state index in [4.69, 9.17) is 23.2 Å². The molecule has 2 aromatic heterocycles. The molecule has 6 nitrogen and oxygen atoms in total. The van der Waals surface area contributed by atoms with E-state index < -0.39 is 0 Å². The summed E-state index contributed by atoms with van der Waals surface area (Å²) in [6.45, 7) is 2.16. The molecule has 25 heavy (non-hydrogen) atoms. The topological polar surface area (TPSA) is 79.8 Å². The first kappa shape index (κ1) is 17.5. The van der Waals surface area contributed by atoms with Crippen LogP contribution in [0.1, 0.15) is 21.6 Å². The lowest BCUT2D eigenvalue weighted by Crippen LogP contribution is -2.27. The van der Waals surface area contributed by atoms with Crippen molar-refractivity contribution < 1.29 is 4.79 Å². The Hall–Kier alpha value is -2.31. The van der Waals surface area contributed by atoms with Crippen molar-refractivity contribution in [3.8, 4) is 0 Å². The normalized spacial score (nSPS) is 11.0. The lowest BCUT2D eigenvalue weighted by Gasteiger charge is -2.08. The van der Waals surface area contributed by atoms with Crippen LogP contribution >= 0.6 is 23.2 Å². The molecule has 0 spiro atoms. The third-order valence-corrected chi connectivity index (χ3v) is 4.47. The van der Waals surface area contributed by atoms with Gasteiger partial charge in [0.25, 0.3) is 11.5 Å². The summed E-state index contributed by atoms with van der Waals surface area (Å²) < 4.78 is 1.51. The van der Waals surface area contributed by atoms with Crippen molar-refractivity contribution in [3.05, 3.63) is 61.5 Å². The van der Waals surface area contributed by atoms with E-state index in [2.05, 4.69) is 15.4 Å². The summed E-state index contributed by atoms with van der Waals surface area (Å²) in [5, 5.41) is 6.86. The molecule has 1 amide bonds. The summed E-state index contributed by atoms with van der Waals surface area (Å²) in [6.07, 6.45) is 0.556.